The second-order valence-electron chi connectivity index (χ2n) is 29.9. The van der Waals surface area contributed by atoms with Crippen molar-refractivity contribution in [2.24, 2.45) is 0 Å². The van der Waals surface area contributed by atoms with Crippen LogP contribution in [0.25, 0.3) is 210 Å². The lowest BCUT2D eigenvalue weighted by Crippen LogP contribution is -2.09. The summed E-state index contributed by atoms with van der Waals surface area (Å²) in [5.41, 5.74) is 32.4. The number of anilines is 3. The number of rotatable bonds is 9. The van der Waals surface area contributed by atoms with E-state index >= 15 is 0 Å². The maximum Gasteiger partial charge on any atom is 0.165 e. The van der Waals surface area contributed by atoms with Crippen molar-refractivity contribution in [2.75, 3.05) is 4.90 Å². The van der Waals surface area contributed by atoms with Crippen LogP contribution in [0.1, 0.15) is 0 Å². The highest BCUT2D eigenvalue weighted by atomic mass is 15.1. The Kier molecular flexibility index (Phi) is 13.7. The van der Waals surface area contributed by atoms with Gasteiger partial charge in [0, 0.05) is 82.8 Å². The van der Waals surface area contributed by atoms with Crippen LogP contribution in [0.15, 0.2) is 394 Å². The quantitative estimate of drug-likeness (QED) is 0.145. The van der Waals surface area contributed by atoms with E-state index in [0.717, 1.165) is 67.6 Å². The predicted octanol–water partition coefficient (Wildman–Crippen LogP) is 28.1. The number of hydrogen-bond acceptors (Lipinski definition) is 3. The number of benzene rings is 18. The first kappa shape index (κ1) is 62.8. The SMILES string of the molecule is c1ccc(-c2nc3ccccc3nc2-n2c3cccc4c3c3c5c(cccc5ccc32)-c2cc3c5ccccc5n(-c5ccccc5)c3cc2-4)cc1.c1ccc(N(c2ccccc2)c2ccc(-c3ccc(-n4c5cccc6c5c5c7c(cccc7ccc54)-c4cc5c7ccccc7n(-c7ccccc7)c5cc4-6)cc3)cc2)cc1. The molecule has 113 heavy (non-hydrogen) atoms. The third-order valence-electron chi connectivity index (χ3n) is 23.8. The molecule has 0 bridgehead atoms. The molecule has 5 heterocycles. The molecule has 0 saturated heterocycles. The van der Waals surface area contributed by atoms with E-state index in [4.69, 9.17) is 9.97 Å². The highest BCUT2D eigenvalue weighted by molar-refractivity contribution is 6.33. The number of aromatic nitrogens is 6. The van der Waals surface area contributed by atoms with Crippen LogP contribution in [-0.2, 0) is 0 Å². The summed E-state index contributed by atoms with van der Waals surface area (Å²) in [6.07, 6.45) is 0. The average Bonchev–Trinajstić information content (AvgIpc) is 1.54. The van der Waals surface area contributed by atoms with E-state index in [1.54, 1.807) is 0 Å². The first-order valence-corrected chi connectivity index (χ1v) is 38.8. The molecule has 0 N–H and O–H groups in total. The molecule has 0 amide bonds. The first-order valence-electron chi connectivity index (χ1n) is 38.8. The van der Waals surface area contributed by atoms with E-state index in [2.05, 4.69) is 399 Å². The van der Waals surface area contributed by atoms with Gasteiger partial charge in [0.1, 0.15) is 5.69 Å². The fourth-order valence-corrected chi connectivity index (χ4v) is 19.0. The Labute approximate surface area is 649 Å². The molecule has 0 spiro atoms. The minimum atomic E-state index is 0.833. The summed E-state index contributed by atoms with van der Waals surface area (Å²) in [6, 6.07) is 143. The summed E-state index contributed by atoms with van der Waals surface area (Å²) < 4.78 is 9.68. The van der Waals surface area contributed by atoms with Gasteiger partial charge in [-0.2, -0.15) is 0 Å². The van der Waals surface area contributed by atoms with Gasteiger partial charge in [0.15, 0.2) is 5.82 Å². The summed E-state index contributed by atoms with van der Waals surface area (Å²) in [4.78, 5) is 13.0. The van der Waals surface area contributed by atoms with Crippen molar-refractivity contribution in [1.82, 2.24) is 28.2 Å². The molecule has 0 aliphatic heterocycles. The maximum absolute atomic E-state index is 5.40. The summed E-state index contributed by atoms with van der Waals surface area (Å²) in [5.74, 6) is 0.833. The molecule has 0 unspecified atom stereocenters. The van der Waals surface area contributed by atoms with Gasteiger partial charge in [-0.15, -0.1) is 0 Å². The van der Waals surface area contributed by atoms with Gasteiger partial charge in [-0.1, -0.05) is 249 Å². The Morgan fingerprint density at radius 3 is 1.07 bits per heavy atom. The highest BCUT2D eigenvalue weighted by Crippen LogP contribution is 2.55. The molecule has 0 atom stereocenters. The zero-order valence-corrected chi connectivity index (χ0v) is 61.2. The minimum Gasteiger partial charge on any atom is -0.311 e. The Balaban J connectivity index is 0.000000133. The molecule has 5 aromatic heterocycles. The van der Waals surface area contributed by atoms with E-state index in [1.807, 2.05) is 18.2 Å². The van der Waals surface area contributed by atoms with Crippen LogP contribution in [0.4, 0.5) is 17.1 Å². The highest BCUT2D eigenvalue weighted by Gasteiger charge is 2.31. The van der Waals surface area contributed by atoms with Gasteiger partial charge >= 0.3 is 0 Å². The van der Waals surface area contributed by atoms with E-state index < -0.39 is 0 Å². The molecule has 0 saturated carbocycles. The molecule has 0 radical (unpaired) electrons. The van der Waals surface area contributed by atoms with E-state index in [-0.39, 0.29) is 0 Å². The van der Waals surface area contributed by atoms with Crippen molar-refractivity contribution in [3.63, 3.8) is 0 Å². The van der Waals surface area contributed by atoms with E-state index in [9.17, 15) is 0 Å². The molecule has 2 aliphatic rings. The zero-order chi connectivity index (χ0) is 73.9. The largest absolute Gasteiger partial charge is 0.311 e. The molecular formula is C106H65N7. The topological polar surface area (TPSA) is 48.7 Å². The first-order chi connectivity index (χ1) is 56.1. The Hall–Kier alpha value is -15.2. The van der Waals surface area contributed by atoms with Gasteiger partial charge in [-0.3, -0.25) is 4.57 Å². The second-order valence-corrected chi connectivity index (χ2v) is 29.9. The smallest absolute Gasteiger partial charge is 0.165 e. The van der Waals surface area contributed by atoms with Gasteiger partial charge in [0.2, 0.25) is 0 Å². The van der Waals surface area contributed by atoms with Crippen molar-refractivity contribution in [3.8, 4) is 89.8 Å². The molecule has 25 rings (SSSR count). The molecule has 0 fully saturated rings. The molecule has 7 heteroatoms. The molecule has 23 aromatic rings. The number of fused-ring (bicyclic) bond motifs is 13. The van der Waals surface area contributed by atoms with Crippen LogP contribution in [0.2, 0.25) is 0 Å². The Morgan fingerprint density at radius 2 is 0.558 bits per heavy atom. The van der Waals surface area contributed by atoms with Crippen molar-refractivity contribution in [3.05, 3.63) is 394 Å². The zero-order valence-electron chi connectivity index (χ0n) is 61.2. The molecule has 7 nitrogen and oxygen atoms in total. The van der Waals surface area contributed by atoms with Gasteiger partial charge in [-0.25, -0.2) is 9.97 Å². The van der Waals surface area contributed by atoms with E-state index in [0.29, 0.717) is 0 Å². The van der Waals surface area contributed by atoms with Crippen molar-refractivity contribution in [2.45, 2.75) is 0 Å². The van der Waals surface area contributed by atoms with Crippen LogP contribution in [0, 0.1) is 0 Å². The monoisotopic (exact) mass is 1440 g/mol. The third kappa shape index (κ3) is 9.43. The summed E-state index contributed by atoms with van der Waals surface area (Å²) in [6.45, 7) is 0. The van der Waals surface area contributed by atoms with Crippen molar-refractivity contribution in [1.29, 1.82) is 0 Å². The lowest BCUT2D eigenvalue weighted by Gasteiger charge is -2.25. The third-order valence-corrected chi connectivity index (χ3v) is 23.8. The van der Waals surface area contributed by atoms with Gasteiger partial charge in [-0.05, 0) is 223 Å². The van der Waals surface area contributed by atoms with Crippen molar-refractivity contribution < 1.29 is 0 Å². The molecule has 2 aliphatic carbocycles. The number of nitrogens with zero attached hydrogens (tertiary/aromatic N) is 7. The summed E-state index contributed by atoms with van der Waals surface area (Å²) in [7, 11) is 0. The maximum atomic E-state index is 5.40. The second kappa shape index (κ2) is 24.7. The van der Waals surface area contributed by atoms with Crippen LogP contribution in [0.5, 0.6) is 0 Å². The molecular weight excluding hydrogens is 1370 g/mol. The fraction of sp³-hybridized carbons (Fsp3) is 0. The normalized spacial score (nSPS) is 12.1. The fourth-order valence-electron chi connectivity index (χ4n) is 19.0. The minimum absolute atomic E-state index is 0.833. The molecule has 18 aromatic carbocycles. The standard InChI is InChI=1S/C58H37N3.C48H28N4/c1-4-15-41(16-5-1)59(42-17-6-2-7-18-42)44-31-26-38(27-32-44)39-28-33-45(34-29-39)61-53-25-13-23-48-50-37-55-51(46-21-10-11-24-52(46)60(55)43-19-8-3-9-20-43)36-49(50)47-22-12-14-40-30-35-54(61)58(56(40)47)57(48)53;1-3-13-30(14-4-1)47-48(50-39-22-9-8-21-38(39)49-47)52-41-24-12-20-34-36-28-43-37(32-18-7-10-23-40(32)51(43)31-16-5-2-6-17-31)27-35(36)33-19-11-15-29-25-26-42(52)46(44(29)33)45(34)41/h1-37H;1-28H. The van der Waals surface area contributed by atoms with E-state index in [1.165, 1.54) is 159 Å². The van der Waals surface area contributed by atoms with Crippen LogP contribution in [0.3, 0.4) is 0 Å². The van der Waals surface area contributed by atoms with Crippen LogP contribution >= 0.6 is 0 Å². The van der Waals surface area contributed by atoms with Gasteiger partial charge < -0.3 is 18.6 Å². The summed E-state index contributed by atoms with van der Waals surface area (Å²) >= 11 is 0. The Morgan fingerprint density at radius 1 is 0.195 bits per heavy atom. The number of para-hydroxylation sites is 8. The van der Waals surface area contributed by atoms with Crippen LogP contribution < -0.4 is 4.90 Å². The lowest BCUT2D eigenvalue weighted by atomic mass is 9.91. The lowest BCUT2D eigenvalue weighted by molar-refractivity contribution is 1.08. The van der Waals surface area contributed by atoms with Gasteiger partial charge in [0.05, 0.1) is 55.2 Å². The Bertz CT molecular complexity index is 7830. The predicted molar refractivity (Wildman–Crippen MR) is 473 cm³/mol. The summed E-state index contributed by atoms with van der Waals surface area (Å²) in [5, 5.41) is 15.2. The number of hydrogen-bond donors (Lipinski definition) is 0. The van der Waals surface area contributed by atoms with Gasteiger partial charge in [0.25, 0.3) is 0 Å². The van der Waals surface area contributed by atoms with Crippen molar-refractivity contribution >= 4 is 137 Å². The average molecular weight is 1440 g/mol. The van der Waals surface area contributed by atoms with Crippen LogP contribution in [-0.4, -0.2) is 28.2 Å². The molecule has 524 valence electrons.